The SMILES string of the molecule is O=C(O)C(=Cc1ccc(F)cc1)c1ccc(F)cc1. The summed E-state index contributed by atoms with van der Waals surface area (Å²) in [6.45, 7) is 0. The molecule has 0 spiro atoms. The van der Waals surface area contributed by atoms with E-state index in [2.05, 4.69) is 0 Å². The van der Waals surface area contributed by atoms with Gasteiger partial charge in [0.05, 0.1) is 5.57 Å². The zero-order chi connectivity index (χ0) is 13.8. The van der Waals surface area contributed by atoms with Gasteiger partial charge >= 0.3 is 5.97 Å². The Morgan fingerprint density at radius 2 is 1.37 bits per heavy atom. The van der Waals surface area contributed by atoms with Gasteiger partial charge in [0.1, 0.15) is 11.6 Å². The molecule has 2 nitrogen and oxygen atoms in total. The summed E-state index contributed by atoms with van der Waals surface area (Å²) < 4.78 is 25.6. The highest BCUT2D eigenvalue weighted by atomic mass is 19.1. The van der Waals surface area contributed by atoms with Crippen molar-refractivity contribution in [1.29, 1.82) is 0 Å². The summed E-state index contributed by atoms with van der Waals surface area (Å²) in [6, 6.07) is 10.6. The molecule has 0 aliphatic carbocycles. The Labute approximate surface area is 108 Å². The van der Waals surface area contributed by atoms with Crippen molar-refractivity contribution in [3.05, 3.63) is 71.3 Å². The van der Waals surface area contributed by atoms with Gasteiger partial charge in [-0.1, -0.05) is 24.3 Å². The second-order valence-corrected chi connectivity index (χ2v) is 3.92. The molecule has 2 rings (SSSR count). The molecular formula is C15H10F2O2. The van der Waals surface area contributed by atoms with E-state index in [1.807, 2.05) is 0 Å². The van der Waals surface area contributed by atoms with Crippen molar-refractivity contribution in [2.24, 2.45) is 0 Å². The smallest absolute Gasteiger partial charge is 0.336 e. The maximum atomic E-state index is 12.8. The lowest BCUT2D eigenvalue weighted by Gasteiger charge is -2.03. The Kier molecular flexibility index (Phi) is 3.71. The highest BCUT2D eigenvalue weighted by Crippen LogP contribution is 2.19. The van der Waals surface area contributed by atoms with Crippen LogP contribution in [0.5, 0.6) is 0 Å². The molecule has 0 atom stereocenters. The first kappa shape index (κ1) is 13.0. The number of carboxylic acids is 1. The minimum absolute atomic E-state index is 0.0200. The molecule has 96 valence electrons. The van der Waals surface area contributed by atoms with Gasteiger partial charge in [0.25, 0.3) is 0 Å². The van der Waals surface area contributed by atoms with E-state index in [9.17, 15) is 18.7 Å². The van der Waals surface area contributed by atoms with Crippen LogP contribution in [0.4, 0.5) is 8.78 Å². The number of halogens is 2. The van der Waals surface area contributed by atoms with Crippen molar-refractivity contribution in [1.82, 2.24) is 0 Å². The number of hydrogen-bond acceptors (Lipinski definition) is 1. The van der Waals surface area contributed by atoms with Gasteiger partial charge in [0.15, 0.2) is 0 Å². The van der Waals surface area contributed by atoms with Crippen LogP contribution in [-0.4, -0.2) is 11.1 Å². The lowest BCUT2D eigenvalue weighted by atomic mass is 10.0. The van der Waals surface area contributed by atoms with Gasteiger partial charge in [0, 0.05) is 0 Å². The normalized spacial score (nSPS) is 11.4. The van der Waals surface area contributed by atoms with E-state index in [0.29, 0.717) is 11.1 Å². The van der Waals surface area contributed by atoms with Crippen LogP contribution in [0.1, 0.15) is 11.1 Å². The summed E-state index contributed by atoms with van der Waals surface area (Å²) in [5, 5.41) is 9.18. The topological polar surface area (TPSA) is 37.3 Å². The van der Waals surface area contributed by atoms with Crippen LogP contribution < -0.4 is 0 Å². The first-order valence-electron chi connectivity index (χ1n) is 5.53. The van der Waals surface area contributed by atoms with Crippen molar-refractivity contribution in [2.75, 3.05) is 0 Å². The van der Waals surface area contributed by atoms with Crippen LogP contribution >= 0.6 is 0 Å². The second-order valence-electron chi connectivity index (χ2n) is 3.92. The van der Waals surface area contributed by atoms with Crippen molar-refractivity contribution in [3.63, 3.8) is 0 Å². The third kappa shape index (κ3) is 3.25. The second kappa shape index (κ2) is 5.44. The van der Waals surface area contributed by atoms with E-state index in [4.69, 9.17) is 0 Å². The van der Waals surface area contributed by atoms with Crippen LogP contribution in [0.2, 0.25) is 0 Å². The molecule has 2 aromatic carbocycles. The molecule has 1 N–H and O–H groups in total. The summed E-state index contributed by atoms with van der Waals surface area (Å²) in [5.41, 5.74) is 0.966. The van der Waals surface area contributed by atoms with Crippen LogP contribution in [0.25, 0.3) is 11.6 Å². The van der Waals surface area contributed by atoms with Crippen LogP contribution in [0.3, 0.4) is 0 Å². The first-order valence-corrected chi connectivity index (χ1v) is 5.53. The predicted octanol–water partition coefficient (Wildman–Crippen LogP) is 3.59. The van der Waals surface area contributed by atoms with Gasteiger partial charge in [-0.2, -0.15) is 0 Å². The molecule has 4 heteroatoms. The molecular weight excluding hydrogens is 250 g/mol. The molecule has 0 bridgehead atoms. The van der Waals surface area contributed by atoms with E-state index in [0.717, 1.165) is 0 Å². The number of benzene rings is 2. The van der Waals surface area contributed by atoms with Gasteiger partial charge in [-0.05, 0) is 41.5 Å². The molecule has 0 unspecified atom stereocenters. The van der Waals surface area contributed by atoms with Gasteiger partial charge in [0.2, 0.25) is 0 Å². The molecule has 0 saturated heterocycles. The Hall–Kier alpha value is -2.49. The van der Waals surface area contributed by atoms with Crippen molar-refractivity contribution >= 4 is 17.6 Å². The quantitative estimate of drug-likeness (QED) is 0.676. The minimum Gasteiger partial charge on any atom is -0.478 e. The number of aliphatic carboxylic acids is 1. The highest BCUT2D eigenvalue weighted by Gasteiger charge is 2.10. The molecule has 0 saturated carbocycles. The van der Waals surface area contributed by atoms with E-state index in [1.54, 1.807) is 0 Å². The molecule has 0 radical (unpaired) electrons. The number of carboxylic acid groups (broad SMARTS) is 1. The summed E-state index contributed by atoms with van der Waals surface area (Å²) in [7, 11) is 0. The van der Waals surface area contributed by atoms with Gasteiger partial charge in [-0.15, -0.1) is 0 Å². The molecule has 0 aliphatic heterocycles. The average molecular weight is 260 g/mol. The average Bonchev–Trinajstić information content (AvgIpc) is 2.39. The van der Waals surface area contributed by atoms with Crippen LogP contribution in [-0.2, 0) is 4.79 Å². The number of rotatable bonds is 3. The van der Waals surface area contributed by atoms with Crippen LogP contribution in [0.15, 0.2) is 48.5 Å². The lowest BCUT2D eigenvalue weighted by Crippen LogP contribution is -1.99. The van der Waals surface area contributed by atoms with Crippen molar-refractivity contribution < 1.29 is 18.7 Å². The summed E-state index contributed by atoms with van der Waals surface area (Å²) in [6.07, 6.45) is 1.41. The van der Waals surface area contributed by atoms with Crippen LogP contribution in [0, 0.1) is 11.6 Å². The summed E-state index contributed by atoms with van der Waals surface area (Å²) >= 11 is 0. The Bertz CT molecular complexity index is 614. The van der Waals surface area contributed by atoms with E-state index >= 15 is 0 Å². The molecule has 0 heterocycles. The molecule has 19 heavy (non-hydrogen) atoms. The number of carbonyl (C=O) groups is 1. The zero-order valence-electron chi connectivity index (χ0n) is 9.81. The highest BCUT2D eigenvalue weighted by molar-refractivity contribution is 6.20. The summed E-state index contributed by atoms with van der Waals surface area (Å²) in [5.74, 6) is -1.96. The Morgan fingerprint density at radius 3 is 1.84 bits per heavy atom. The maximum Gasteiger partial charge on any atom is 0.336 e. The molecule has 0 amide bonds. The third-order valence-electron chi connectivity index (χ3n) is 2.57. The predicted molar refractivity (Wildman–Crippen MR) is 68.3 cm³/mol. The fourth-order valence-corrected chi connectivity index (χ4v) is 1.62. The fraction of sp³-hybridized carbons (Fsp3) is 0. The van der Waals surface area contributed by atoms with Gasteiger partial charge < -0.3 is 5.11 Å². The van der Waals surface area contributed by atoms with Crippen molar-refractivity contribution in [3.8, 4) is 0 Å². The van der Waals surface area contributed by atoms with Crippen molar-refractivity contribution in [2.45, 2.75) is 0 Å². The molecule has 2 aromatic rings. The molecule has 0 aliphatic rings. The standard InChI is InChI=1S/C15H10F2O2/c16-12-5-1-10(2-6-12)9-14(15(18)19)11-3-7-13(17)8-4-11/h1-9H,(H,18,19). The molecule has 0 aromatic heterocycles. The van der Waals surface area contributed by atoms with Gasteiger partial charge in [-0.25, -0.2) is 13.6 Å². The minimum atomic E-state index is -1.13. The molecule has 0 fully saturated rings. The number of hydrogen-bond donors (Lipinski definition) is 1. The monoisotopic (exact) mass is 260 g/mol. The van der Waals surface area contributed by atoms with Gasteiger partial charge in [-0.3, -0.25) is 0 Å². The lowest BCUT2D eigenvalue weighted by molar-refractivity contribution is -0.130. The van der Waals surface area contributed by atoms with E-state index < -0.39 is 17.6 Å². The van der Waals surface area contributed by atoms with E-state index in [1.165, 1.54) is 54.6 Å². The largest absolute Gasteiger partial charge is 0.478 e. The zero-order valence-corrected chi connectivity index (χ0v) is 9.81. The van der Waals surface area contributed by atoms with E-state index in [-0.39, 0.29) is 5.57 Å². The Balaban J connectivity index is 2.43. The first-order chi connectivity index (χ1) is 9.06. The fourth-order valence-electron chi connectivity index (χ4n) is 1.62. The summed E-state index contributed by atoms with van der Waals surface area (Å²) in [4.78, 5) is 11.2. The third-order valence-corrected chi connectivity index (χ3v) is 2.57. The maximum absolute atomic E-state index is 12.8. The Morgan fingerprint density at radius 1 is 0.895 bits per heavy atom.